The van der Waals surface area contributed by atoms with Crippen LogP contribution in [0.25, 0.3) is 28.1 Å². The molecule has 0 spiro atoms. The van der Waals surface area contributed by atoms with Gasteiger partial charge in [0.2, 0.25) is 11.7 Å². The highest BCUT2D eigenvalue weighted by Crippen LogP contribution is 2.24. The van der Waals surface area contributed by atoms with Gasteiger partial charge in [0, 0.05) is 5.56 Å². The van der Waals surface area contributed by atoms with Crippen LogP contribution in [0.2, 0.25) is 0 Å². The summed E-state index contributed by atoms with van der Waals surface area (Å²) >= 11 is 1.30. The number of benzene rings is 2. The van der Waals surface area contributed by atoms with Crippen LogP contribution in [0.1, 0.15) is 5.89 Å². The molecule has 0 radical (unpaired) electrons. The zero-order chi connectivity index (χ0) is 21.2. The molecule has 9 nitrogen and oxygen atoms in total. The summed E-state index contributed by atoms with van der Waals surface area (Å²) in [6.45, 7) is 0. The molecule has 0 fully saturated rings. The first-order chi connectivity index (χ1) is 15.2. The van der Waals surface area contributed by atoms with E-state index < -0.39 is 0 Å². The minimum absolute atomic E-state index is 0.253. The maximum Gasteiger partial charge on any atom is 0.262 e. The predicted molar refractivity (Wildman–Crippen MR) is 115 cm³/mol. The number of nitrogens with one attached hydrogen (secondary N) is 1. The number of hydrogen-bond acceptors (Lipinski definition) is 8. The standard InChI is InChI=1S/C21H16N6O3S/c1-29-15-9-5-6-13(10-15)18-23-17(30-26-18)12-31-21-24-19-16(20(28)25-21)11-22-27(19)14-7-3-2-4-8-14/h2-11H,12H2,1H3,(H,24,25,28). The number of nitrogens with zero attached hydrogens (tertiary/aromatic N) is 5. The largest absolute Gasteiger partial charge is 0.497 e. The van der Waals surface area contributed by atoms with E-state index in [-0.39, 0.29) is 5.56 Å². The van der Waals surface area contributed by atoms with Gasteiger partial charge in [-0.15, -0.1) is 0 Å². The average molecular weight is 432 g/mol. The van der Waals surface area contributed by atoms with Gasteiger partial charge in [-0.25, -0.2) is 9.67 Å². The second kappa shape index (κ2) is 8.07. The minimum atomic E-state index is -0.253. The molecule has 0 saturated heterocycles. The van der Waals surface area contributed by atoms with Crippen molar-refractivity contribution in [2.45, 2.75) is 10.9 Å². The van der Waals surface area contributed by atoms with Gasteiger partial charge >= 0.3 is 0 Å². The number of rotatable bonds is 6. The van der Waals surface area contributed by atoms with Crippen LogP contribution < -0.4 is 10.3 Å². The normalized spacial score (nSPS) is 11.1. The second-order valence-electron chi connectivity index (χ2n) is 6.53. The van der Waals surface area contributed by atoms with Crippen LogP contribution in [0, 0.1) is 0 Å². The highest BCUT2D eigenvalue weighted by Gasteiger charge is 2.14. The van der Waals surface area contributed by atoms with Gasteiger partial charge in [-0.3, -0.25) is 4.79 Å². The Hall–Kier alpha value is -3.92. The lowest BCUT2D eigenvalue weighted by molar-refractivity contribution is 0.391. The van der Waals surface area contributed by atoms with E-state index in [0.29, 0.717) is 39.4 Å². The summed E-state index contributed by atoms with van der Waals surface area (Å²) in [4.78, 5) is 24.3. The monoisotopic (exact) mass is 432 g/mol. The molecule has 5 rings (SSSR count). The third-order valence-electron chi connectivity index (χ3n) is 4.55. The predicted octanol–water partition coefficient (Wildman–Crippen LogP) is 3.46. The molecule has 3 heterocycles. The van der Waals surface area contributed by atoms with Crippen molar-refractivity contribution in [3.8, 4) is 22.8 Å². The van der Waals surface area contributed by atoms with Crippen molar-refractivity contribution in [3.05, 3.63) is 77.0 Å². The number of fused-ring (bicyclic) bond motifs is 1. The first-order valence-corrected chi connectivity index (χ1v) is 10.3. The van der Waals surface area contributed by atoms with E-state index in [2.05, 4.69) is 25.2 Å². The van der Waals surface area contributed by atoms with Gasteiger partial charge in [0.1, 0.15) is 11.1 Å². The van der Waals surface area contributed by atoms with Gasteiger partial charge in [0.15, 0.2) is 10.8 Å². The van der Waals surface area contributed by atoms with Gasteiger partial charge in [0.25, 0.3) is 5.56 Å². The molecule has 0 aliphatic rings. The number of para-hydroxylation sites is 1. The minimum Gasteiger partial charge on any atom is -0.497 e. The van der Waals surface area contributed by atoms with Crippen LogP contribution in [0.15, 0.2) is 75.3 Å². The van der Waals surface area contributed by atoms with E-state index in [0.717, 1.165) is 11.3 Å². The molecular weight excluding hydrogens is 416 g/mol. The summed E-state index contributed by atoms with van der Waals surface area (Å²) < 4.78 is 12.2. The highest BCUT2D eigenvalue weighted by molar-refractivity contribution is 7.98. The molecule has 154 valence electrons. The Morgan fingerprint density at radius 2 is 2.00 bits per heavy atom. The van der Waals surface area contributed by atoms with E-state index in [1.54, 1.807) is 11.8 Å². The van der Waals surface area contributed by atoms with Crippen molar-refractivity contribution >= 4 is 22.8 Å². The zero-order valence-electron chi connectivity index (χ0n) is 16.3. The third kappa shape index (κ3) is 3.80. The molecule has 0 aliphatic carbocycles. The maximum atomic E-state index is 12.5. The fourth-order valence-corrected chi connectivity index (χ4v) is 3.74. The smallest absolute Gasteiger partial charge is 0.262 e. The summed E-state index contributed by atoms with van der Waals surface area (Å²) in [5, 5.41) is 9.20. The zero-order valence-corrected chi connectivity index (χ0v) is 17.2. The number of thioether (sulfide) groups is 1. The molecule has 0 saturated carbocycles. The fraction of sp³-hybridized carbons (Fsp3) is 0.0952. The van der Waals surface area contributed by atoms with Crippen molar-refractivity contribution < 1.29 is 9.26 Å². The van der Waals surface area contributed by atoms with Gasteiger partial charge in [-0.2, -0.15) is 10.1 Å². The molecule has 0 atom stereocenters. The van der Waals surface area contributed by atoms with Crippen LogP contribution in [-0.4, -0.2) is 37.0 Å². The summed E-state index contributed by atoms with van der Waals surface area (Å²) in [6.07, 6.45) is 1.51. The number of hydrogen-bond donors (Lipinski definition) is 1. The average Bonchev–Trinajstić information content (AvgIpc) is 3.46. The Labute approximate surface area is 180 Å². The molecular formula is C21H16N6O3S. The lowest BCUT2D eigenvalue weighted by atomic mass is 10.2. The number of methoxy groups -OCH3 is 1. The van der Waals surface area contributed by atoms with Crippen LogP contribution in [-0.2, 0) is 5.75 Å². The van der Waals surface area contributed by atoms with Crippen molar-refractivity contribution in [2.75, 3.05) is 7.11 Å². The molecule has 0 bridgehead atoms. The maximum absolute atomic E-state index is 12.5. The summed E-state index contributed by atoms with van der Waals surface area (Å²) in [5.74, 6) is 1.95. The van der Waals surface area contributed by atoms with E-state index >= 15 is 0 Å². The molecule has 0 amide bonds. The highest BCUT2D eigenvalue weighted by atomic mass is 32.2. The Morgan fingerprint density at radius 3 is 2.84 bits per heavy atom. The van der Waals surface area contributed by atoms with Gasteiger partial charge in [-0.05, 0) is 24.3 Å². The Balaban J connectivity index is 1.39. The first kappa shape index (κ1) is 19.1. The Morgan fingerprint density at radius 1 is 1.13 bits per heavy atom. The fourth-order valence-electron chi connectivity index (χ4n) is 3.05. The topological polar surface area (TPSA) is 112 Å². The molecule has 3 aromatic heterocycles. The number of ether oxygens (including phenoxy) is 1. The van der Waals surface area contributed by atoms with Crippen molar-refractivity contribution in [1.82, 2.24) is 29.9 Å². The Kier molecular flexibility index (Phi) is 4.97. The summed E-state index contributed by atoms with van der Waals surface area (Å²) in [5.41, 5.74) is 1.85. The molecule has 0 aliphatic heterocycles. The van der Waals surface area contributed by atoms with E-state index in [9.17, 15) is 4.79 Å². The molecule has 2 aromatic carbocycles. The third-order valence-corrected chi connectivity index (χ3v) is 5.40. The van der Waals surface area contributed by atoms with Crippen LogP contribution in [0.5, 0.6) is 5.75 Å². The van der Waals surface area contributed by atoms with Crippen molar-refractivity contribution in [1.29, 1.82) is 0 Å². The summed E-state index contributed by atoms with van der Waals surface area (Å²) in [6, 6.07) is 16.9. The molecule has 0 unspecified atom stereocenters. The van der Waals surface area contributed by atoms with Crippen molar-refractivity contribution in [2.24, 2.45) is 0 Å². The molecule has 1 N–H and O–H groups in total. The van der Waals surface area contributed by atoms with E-state index in [1.165, 1.54) is 18.0 Å². The number of aromatic amines is 1. The molecule has 5 aromatic rings. The van der Waals surface area contributed by atoms with E-state index in [1.807, 2.05) is 54.6 Å². The lowest BCUT2D eigenvalue weighted by Crippen LogP contribution is -2.09. The number of H-pyrrole nitrogens is 1. The Bertz CT molecular complexity index is 1410. The lowest BCUT2D eigenvalue weighted by Gasteiger charge is -2.03. The van der Waals surface area contributed by atoms with Crippen molar-refractivity contribution in [3.63, 3.8) is 0 Å². The van der Waals surface area contributed by atoms with Crippen LogP contribution in [0.4, 0.5) is 0 Å². The molecule has 31 heavy (non-hydrogen) atoms. The first-order valence-electron chi connectivity index (χ1n) is 9.34. The van der Waals surface area contributed by atoms with Crippen LogP contribution in [0.3, 0.4) is 0 Å². The van der Waals surface area contributed by atoms with Gasteiger partial charge < -0.3 is 14.2 Å². The summed E-state index contributed by atoms with van der Waals surface area (Å²) in [7, 11) is 1.60. The molecule has 10 heteroatoms. The van der Waals surface area contributed by atoms with E-state index in [4.69, 9.17) is 9.26 Å². The second-order valence-corrected chi connectivity index (χ2v) is 7.50. The van der Waals surface area contributed by atoms with Gasteiger partial charge in [-0.1, -0.05) is 47.3 Å². The SMILES string of the molecule is COc1cccc(-c2noc(CSc3nc4c(cnn4-c4ccccc4)c(=O)[nH]3)n2)c1. The van der Waals surface area contributed by atoms with Crippen LogP contribution >= 0.6 is 11.8 Å². The number of aromatic nitrogens is 6. The van der Waals surface area contributed by atoms with Gasteiger partial charge in [0.05, 0.1) is 24.7 Å². The quantitative estimate of drug-likeness (QED) is 0.321.